The molecule has 122 valence electrons. The van der Waals surface area contributed by atoms with Crippen molar-refractivity contribution in [1.82, 2.24) is 0 Å². The molecule has 0 amide bonds. The maximum absolute atomic E-state index is 10.6. The van der Waals surface area contributed by atoms with Gasteiger partial charge < -0.3 is 14.2 Å². The van der Waals surface area contributed by atoms with E-state index in [2.05, 4.69) is 0 Å². The average molecular weight is 338 g/mol. The lowest BCUT2D eigenvalue weighted by Crippen LogP contribution is -2.10. The van der Waals surface area contributed by atoms with Gasteiger partial charge in [-0.2, -0.15) is 0 Å². The van der Waals surface area contributed by atoms with Crippen LogP contribution in [0.5, 0.6) is 17.2 Å². The number of methoxy groups -OCH3 is 1. The van der Waals surface area contributed by atoms with Gasteiger partial charge in [0, 0.05) is 12.1 Å². The van der Waals surface area contributed by atoms with E-state index in [9.17, 15) is 10.1 Å². The fraction of sp³-hybridized carbons (Fsp3) is 0.250. The minimum absolute atomic E-state index is 0.0806. The molecule has 0 aliphatic rings. The highest BCUT2D eigenvalue weighted by atomic mass is 35.5. The Labute approximate surface area is 138 Å². The van der Waals surface area contributed by atoms with Crippen LogP contribution in [0.1, 0.15) is 5.56 Å². The first kappa shape index (κ1) is 16.9. The van der Waals surface area contributed by atoms with Crippen molar-refractivity contribution in [3.8, 4) is 17.2 Å². The molecular formula is C16H16ClNO5. The first-order valence-corrected chi connectivity index (χ1v) is 7.23. The normalized spacial score (nSPS) is 10.2. The molecule has 2 aromatic rings. The van der Waals surface area contributed by atoms with Gasteiger partial charge >= 0.3 is 0 Å². The number of nitro benzene ring substituents is 1. The summed E-state index contributed by atoms with van der Waals surface area (Å²) in [5, 5.41) is 10.8. The number of nitrogens with zero attached hydrogens (tertiary/aromatic N) is 1. The average Bonchev–Trinajstić information content (AvgIpc) is 2.53. The summed E-state index contributed by atoms with van der Waals surface area (Å²) in [6.07, 6.45) is 0. The van der Waals surface area contributed by atoms with Crippen LogP contribution in [-0.2, 0) is 0 Å². The van der Waals surface area contributed by atoms with Crippen LogP contribution in [0.15, 0.2) is 36.4 Å². The van der Waals surface area contributed by atoms with E-state index in [0.717, 1.165) is 5.56 Å². The molecule has 2 rings (SSSR count). The largest absolute Gasteiger partial charge is 0.493 e. The van der Waals surface area contributed by atoms with Crippen molar-refractivity contribution in [2.75, 3.05) is 20.3 Å². The Balaban J connectivity index is 1.90. The van der Waals surface area contributed by atoms with Crippen LogP contribution >= 0.6 is 11.6 Å². The molecule has 0 saturated carbocycles. The standard InChI is InChI=1S/C16H16ClNO5/c1-11-3-5-15(16(9-11)21-2)23-8-7-22-14-6-4-12(18(19)20)10-13(14)17/h3-6,9-10H,7-8H2,1-2H3. The molecule has 6 nitrogen and oxygen atoms in total. The monoisotopic (exact) mass is 337 g/mol. The molecule has 0 spiro atoms. The van der Waals surface area contributed by atoms with Gasteiger partial charge in [-0.1, -0.05) is 17.7 Å². The molecule has 0 heterocycles. The zero-order valence-corrected chi connectivity index (χ0v) is 13.5. The maximum atomic E-state index is 10.6. The Morgan fingerprint density at radius 3 is 2.30 bits per heavy atom. The maximum Gasteiger partial charge on any atom is 0.271 e. The molecule has 0 N–H and O–H groups in total. The summed E-state index contributed by atoms with van der Waals surface area (Å²) in [5.74, 6) is 1.65. The molecule has 0 bridgehead atoms. The predicted octanol–water partition coefficient (Wildman–Crippen LogP) is 4.02. The van der Waals surface area contributed by atoms with E-state index in [1.807, 2.05) is 25.1 Å². The SMILES string of the molecule is COc1cc(C)ccc1OCCOc1ccc([N+](=O)[O-])cc1Cl. The third kappa shape index (κ3) is 4.50. The highest BCUT2D eigenvalue weighted by Gasteiger charge is 2.10. The van der Waals surface area contributed by atoms with Gasteiger partial charge in [0.15, 0.2) is 11.5 Å². The van der Waals surface area contributed by atoms with Crippen LogP contribution in [0.25, 0.3) is 0 Å². The molecular weight excluding hydrogens is 322 g/mol. The Hall–Kier alpha value is -2.47. The summed E-state index contributed by atoms with van der Waals surface area (Å²) >= 11 is 5.94. The van der Waals surface area contributed by atoms with Crippen LogP contribution < -0.4 is 14.2 Å². The van der Waals surface area contributed by atoms with E-state index in [4.69, 9.17) is 25.8 Å². The number of benzene rings is 2. The van der Waals surface area contributed by atoms with Crippen LogP contribution in [0, 0.1) is 17.0 Å². The summed E-state index contributed by atoms with van der Waals surface area (Å²) in [6, 6.07) is 9.68. The third-order valence-electron chi connectivity index (χ3n) is 3.04. The van der Waals surface area contributed by atoms with Crippen molar-refractivity contribution >= 4 is 17.3 Å². The van der Waals surface area contributed by atoms with Crippen LogP contribution in [0.2, 0.25) is 5.02 Å². The van der Waals surface area contributed by atoms with Crippen LogP contribution in [-0.4, -0.2) is 25.2 Å². The second-order valence-electron chi connectivity index (χ2n) is 4.72. The Kier molecular flexibility index (Phi) is 5.65. The second kappa shape index (κ2) is 7.69. The first-order valence-electron chi connectivity index (χ1n) is 6.85. The number of ether oxygens (including phenoxy) is 3. The molecule has 23 heavy (non-hydrogen) atoms. The molecule has 0 saturated heterocycles. The predicted molar refractivity (Wildman–Crippen MR) is 86.8 cm³/mol. The summed E-state index contributed by atoms with van der Waals surface area (Å²) in [6.45, 7) is 2.49. The van der Waals surface area contributed by atoms with Gasteiger partial charge in [-0.25, -0.2) is 0 Å². The number of halogens is 1. The van der Waals surface area contributed by atoms with Crippen molar-refractivity contribution in [3.63, 3.8) is 0 Å². The number of nitro groups is 1. The zero-order chi connectivity index (χ0) is 16.8. The lowest BCUT2D eigenvalue weighted by Gasteiger charge is -2.12. The molecule has 2 aromatic carbocycles. The second-order valence-corrected chi connectivity index (χ2v) is 5.13. The molecule has 0 aromatic heterocycles. The van der Waals surface area contributed by atoms with E-state index in [1.54, 1.807) is 7.11 Å². The smallest absolute Gasteiger partial charge is 0.271 e. The van der Waals surface area contributed by atoms with Crippen molar-refractivity contribution in [2.24, 2.45) is 0 Å². The van der Waals surface area contributed by atoms with Gasteiger partial charge in [0.25, 0.3) is 5.69 Å². The van der Waals surface area contributed by atoms with E-state index >= 15 is 0 Å². The minimum Gasteiger partial charge on any atom is -0.493 e. The van der Waals surface area contributed by atoms with Gasteiger partial charge in [0.1, 0.15) is 19.0 Å². The number of hydrogen-bond donors (Lipinski definition) is 0. The molecule has 0 atom stereocenters. The van der Waals surface area contributed by atoms with Crippen LogP contribution in [0.3, 0.4) is 0 Å². The van der Waals surface area contributed by atoms with E-state index in [-0.39, 0.29) is 23.9 Å². The topological polar surface area (TPSA) is 70.8 Å². The molecule has 0 aliphatic heterocycles. The lowest BCUT2D eigenvalue weighted by atomic mass is 10.2. The van der Waals surface area contributed by atoms with Gasteiger partial charge in [-0.15, -0.1) is 0 Å². The van der Waals surface area contributed by atoms with Gasteiger partial charge in [-0.3, -0.25) is 10.1 Å². The molecule has 7 heteroatoms. The molecule has 0 aliphatic carbocycles. The van der Waals surface area contributed by atoms with Crippen molar-refractivity contribution < 1.29 is 19.1 Å². The van der Waals surface area contributed by atoms with E-state index < -0.39 is 4.92 Å². The fourth-order valence-corrected chi connectivity index (χ4v) is 2.15. The Morgan fingerprint density at radius 2 is 1.70 bits per heavy atom. The summed E-state index contributed by atoms with van der Waals surface area (Å²) in [5.41, 5.74) is 0.992. The van der Waals surface area contributed by atoms with Crippen LogP contribution in [0.4, 0.5) is 5.69 Å². The summed E-state index contributed by atoms with van der Waals surface area (Å²) in [7, 11) is 1.58. The third-order valence-corrected chi connectivity index (χ3v) is 3.34. The molecule has 0 unspecified atom stereocenters. The number of non-ortho nitro benzene ring substituents is 1. The van der Waals surface area contributed by atoms with Gasteiger partial charge in [-0.05, 0) is 30.7 Å². The van der Waals surface area contributed by atoms with E-state index in [1.165, 1.54) is 18.2 Å². The van der Waals surface area contributed by atoms with Gasteiger partial charge in [0.05, 0.1) is 17.1 Å². The summed E-state index contributed by atoms with van der Waals surface area (Å²) < 4.78 is 16.3. The summed E-state index contributed by atoms with van der Waals surface area (Å²) in [4.78, 5) is 10.1. The fourth-order valence-electron chi connectivity index (χ4n) is 1.92. The van der Waals surface area contributed by atoms with Crippen molar-refractivity contribution in [3.05, 3.63) is 57.1 Å². The Bertz CT molecular complexity index is 705. The quantitative estimate of drug-likeness (QED) is 0.433. The number of aryl methyl sites for hydroxylation is 1. The molecule has 0 radical (unpaired) electrons. The highest BCUT2D eigenvalue weighted by molar-refractivity contribution is 6.32. The van der Waals surface area contributed by atoms with E-state index in [0.29, 0.717) is 17.2 Å². The minimum atomic E-state index is -0.511. The van der Waals surface area contributed by atoms with Gasteiger partial charge in [0.2, 0.25) is 0 Å². The van der Waals surface area contributed by atoms with Crippen molar-refractivity contribution in [1.29, 1.82) is 0 Å². The number of rotatable bonds is 7. The highest BCUT2D eigenvalue weighted by Crippen LogP contribution is 2.29. The van der Waals surface area contributed by atoms with Crippen molar-refractivity contribution in [2.45, 2.75) is 6.92 Å². The lowest BCUT2D eigenvalue weighted by molar-refractivity contribution is -0.384. The molecule has 0 fully saturated rings. The zero-order valence-electron chi connectivity index (χ0n) is 12.7. The Morgan fingerprint density at radius 1 is 1.04 bits per heavy atom. The first-order chi connectivity index (χ1) is 11.0. The number of hydrogen-bond acceptors (Lipinski definition) is 5.